The SMILES string of the molecule is CC(O)C1(c2c(F)cccc2Br)CC1. The Bertz CT molecular complexity index is 338. The summed E-state index contributed by atoms with van der Waals surface area (Å²) in [6.45, 7) is 1.73. The first-order valence-electron chi connectivity index (χ1n) is 4.70. The summed E-state index contributed by atoms with van der Waals surface area (Å²) < 4.78 is 14.4. The van der Waals surface area contributed by atoms with Gasteiger partial charge >= 0.3 is 0 Å². The summed E-state index contributed by atoms with van der Waals surface area (Å²) in [6.07, 6.45) is 1.24. The van der Waals surface area contributed by atoms with E-state index in [1.54, 1.807) is 13.0 Å². The molecular formula is C11H12BrFO. The minimum atomic E-state index is -0.490. The van der Waals surface area contributed by atoms with Gasteiger partial charge < -0.3 is 5.11 Å². The summed E-state index contributed by atoms with van der Waals surface area (Å²) in [6, 6.07) is 4.93. The van der Waals surface area contributed by atoms with E-state index in [9.17, 15) is 9.50 Å². The van der Waals surface area contributed by atoms with E-state index in [0.29, 0.717) is 5.56 Å². The molecule has 1 N–H and O–H groups in total. The lowest BCUT2D eigenvalue weighted by molar-refractivity contribution is 0.148. The Morgan fingerprint density at radius 3 is 2.57 bits per heavy atom. The van der Waals surface area contributed by atoms with Crippen LogP contribution in [0.4, 0.5) is 4.39 Å². The lowest BCUT2D eigenvalue weighted by Crippen LogP contribution is -2.24. The zero-order chi connectivity index (χ0) is 10.3. The Balaban J connectivity index is 2.51. The molecule has 2 rings (SSSR count). The molecule has 1 aliphatic carbocycles. The average Bonchev–Trinajstić information content (AvgIpc) is 2.85. The smallest absolute Gasteiger partial charge is 0.128 e. The average molecular weight is 259 g/mol. The van der Waals surface area contributed by atoms with Crippen LogP contribution in [0.5, 0.6) is 0 Å². The predicted molar refractivity (Wildman–Crippen MR) is 56.7 cm³/mol. The zero-order valence-corrected chi connectivity index (χ0v) is 9.51. The molecule has 1 unspecified atom stereocenters. The van der Waals surface area contributed by atoms with Crippen LogP contribution in [0.25, 0.3) is 0 Å². The zero-order valence-electron chi connectivity index (χ0n) is 7.93. The van der Waals surface area contributed by atoms with E-state index in [1.807, 2.05) is 6.07 Å². The summed E-state index contributed by atoms with van der Waals surface area (Å²) in [5, 5.41) is 9.66. The molecule has 0 aliphatic heterocycles. The molecular weight excluding hydrogens is 247 g/mol. The summed E-state index contributed by atoms with van der Waals surface area (Å²) in [5.74, 6) is -0.224. The van der Waals surface area contributed by atoms with E-state index < -0.39 is 6.10 Å². The van der Waals surface area contributed by atoms with Gasteiger partial charge in [0.1, 0.15) is 5.82 Å². The van der Waals surface area contributed by atoms with Crippen molar-refractivity contribution in [2.45, 2.75) is 31.3 Å². The molecule has 76 valence electrons. The summed E-state index contributed by atoms with van der Waals surface area (Å²) in [5.41, 5.74) is 0.291. The second-order valence-corrected chi connectivity index (χ2v) is 4.78. The third-order valence-electron chi connectivity index (χ3n) is 3.05. The van der Waals surface area contributed by atoms with Gasteiger partial charge in [-0.05, 0) is 31.9 Å². The molecule has 1 aromatic rings. The van der Waals surface area contributed by atoms with E-state index in [4.69, 9.17) is 0 Å². The third-order valence-corrected chi connectivity index (χ3v) is 3.71. The molecule has 1 aliphatic rings. The lowest BCUT2D eigenvalue weighted by atomic mass is 9.90. The normalized spacial score (nSPS) is 20.6. The van der Waals surface area contributed by atoms with E-state index >= 15 is 0 Å². The van der Waals surface area contributed by atoms with Crippen LogP contribution in [0.2, 0.25) is 0 Å². The van der Waals surface area contributed by atoms with Gasteiger partial charge in [-0.15, -0.1) is 0 Å². The molecule has 1 atom stereocenters. The molecule has 1 aromatic carbocycles. The Kier molecular flexibility index (Phi) is 2.40. The van der Waals surface area contributed by atoms with Gasteiger partial charge in [0, 0.05) is 15.5 Å². The lowest BCUT2D eigenvalue weighted by Gasteiger charge is -2.21. The van der Waals surface area contributed by atoms with Crippen LogP contribution in [0.15, 0.2) is 22.7 Å². The van der Waals surface area contributed by atoms with Gasteiger partial charge in [0.15, 0.2) is 0 Å². The van der Waals surface area contributed by atoms with E-state index in [2.05, 4.69) is 15.9 Å². The number of aliphatic hydroxyl groups is 1. The molecule has 14 heavy (non-hydrogen) atoms. The van der Waals surface area contributed by atoms with Gasteiger partial charge in [-0.25, -0.2) is 4.39 Å². The van der Waals surface area contributed by atoms with Crippen molar-refractivity contribution in [3.8, 4) is 0 Å². The maximum absolute atomic E-state index is 13.6. The Labute approximate surface area is 91.1 Å². The van der Waals surface area contributed by atoms with Crippen LogP contribution in [-0.4, -0.2) is 11.2 Å². The molecule has 1 saturated carbocycles. The van der Waals surface area contributed by atoms with Crippen molar-refractivity contribution in [3.05, 3.63) is 34.1 Å². The van der Waals surface area contributed by atoms with Crippen LogP contribution in [-0.2, 0) is 5.41 Å². The second-order valence-electron chi connectivity index (χ2n) is 3.93. The Morgan fingerprint density at radius 1 is 1.50 bits per heavy atom. The van der Waals surface area contributed by atoms with Crippen LogP contribution in [0, 0.1) is 5.82 Å². The largest absolute Gasteiger partial charge is 0.392 e. The molecule has 3 heteroatoms. The molecule has 0 heterocycles. The Hall–Kier alpha value is -0.410. The van der Waals surface area contributed by atoms with Gasteiger partial charge in [-0.2, -0.15) is 0 Å². The van der Waals surface area contributed by atoms with Crippen molar-refractivity contribution in [1.82, 2.24) is 0 Å². The van der Waals surface area contributed by atoms with Gasteiger partial charge in [0.05, 0.1) is 6.10 Å². The molecule has 0 aromatic heterocycles. The van der Waals surface area contributed by atoms with E-state index in [-0.39, 0.29) is 11.2 Å². The maximum Gasteiger partial charge on any atom is 0.128 e. The molecule has 0 spiro atoms. The number of aliphatic hydroxyl groups excluding tert-OH is 1. The molecule has 0 saturated heterocycles. The Morgan fingerprint density at radius 2 is 2.14 bits per heavy atom. The van der Waals surface area contributed by atoms with Crippen molar-refractivity contribution in [3.63, 3.8) is 0 Å². The maximum atomic E-state index is 13.6. The monoisotopic (exact) mass is 258 g/mol. The predicted octanol–water partition coefficient (Wildman–Crippen LogP) is 3.00. The van der Waals surface area contributed by atoms with Crippen molar-refractivity contribution in [1.29, 1.82) is 0 Å². The molecule has 1 fully saturated rings. The summed E-state index contributed by atoms with van der Waals surface area (Å²) in [7, 11) is 0. The minimum absolute atomic E-state index is 0.224. The van der Waals surface area contributed by atoms with Crippen molar-refractivity contribution >= 4 is 15.9 Å². The molecule has 1 nitrogen and oxygen atoms in total. The molecule has 0 amide bonds. The fourth-order valence-corrected chi connectivity index (χ4v) is 2.72. The second kappa shape index (κ2) is 3.31. The number of rotatable bonds is 2. The molecule has 0 radical (unpaired) electrons. The standard InChI is InChI=1S/C11H12BrFO/c1-7(14)11(5-6-11)10-8(12)3-2-4-9(10)13/h2-4,7,14H,5-6H2,1H3. The first-order valence-corrected chi connectivity index (χ1v) is 5.50. The summed E-state index contributed by atoms with van der Waals surface area (Å²) >= 11 is 3.34. The molecule has 0 bridgehead atoms. The highest BCUT2D eigenvalue weighted by molar-refractivity contribution is 9.10. The van der Waals surface area contributed by atoms with Crippen molar-refractivity contribution < 1.29 is 9.50 Å². The fourth-order valence-electron chi connectivity index (χ4n) is 1.98. The number of benzene rings is 1. The van der Waals surface area contributed by atoms with Gasteiger partial charge in [-0.1, -0.05) is 22.0 Å². The van der Waals surface area contributed by atoms with Crippen LogP contribution >= 0.6 is 15.9 Å². The topological polar surface area (TPSA) is 20.2 Å². The van der Waals surface area contributed by atoms with Crippen LogP contribution in [0.3, 0.4) is 0 Å². The van der Waals surface area contributed by atoms with Crippen LogP contribution in [0.1, 0.15) is 25.3 Å². The highest BCUT2D eigenvalue weighted by Gasteiger charge is 2.50. The number of halogens is 2. The van der Waals surface area contributed by atoms with Gasteiger partial charge in [-0.3, -0.25) is 0 Å². The first kappa shape index (κ1) is 10.1. The highest BCUT2D eigenvalue weighted by atomic mass is 79.9. The number of hydrogen-bond acceptors (Lipinski definition) is 1. The van der Waals surface area contributed by atoms with E-state index in [0.717, 1.165) is 17.3 Å². The first-order chi connectivity index (χ1) is 6.58. The minimum Gasteiger partial charge on any atom is -0.392 e. The van der Waals surface area contributed by atoms with E-state index in [1.165, 1.54) is 6.07 Å². The fraction of sp³-hybridized carbons (Fsp3) is 0.455. The number of hydrogen-bond donors (Lipinski definition) is 1. The third kappa shape index (κ3) is 1.39. The van der Waals surface area contributed by atoms with Crippen molar-refractivity contribution in [2.75, 3.05) is 0 Å². The van der Waals surface area contributed by atoms with Crippen molar-refractivity contribution in [2.24, 2.45) is 0 Å². The van der Waals surface area contributed by atoms with Gasteiger partial charge in [0.25, 0.3) is 0 Å². The van der Waals surface area contributed by atoms with Gasteiger partial charge in [0.2, 0.25) is 0 Å². The summed E-state index contributed by atoms with van der Waals surface area (Å²) in [4.78, 5) is 0. The highest BCUT2D eigenvalue weighted by Crippen LogP contribution is 2.53. The van der Waals surface area contributed by atoms with Crippen LogP contribution < -0.4 is 0 Å². The quantitative estimate of drug-likeness (QED) is 0.865.